The molecule has 2 fully saturated rings. The molecule has 0 radical (unpaired) electrons. The summed E-state index contributed by atoms with van der Waals surface area (Å²) < 4.78 is 11.2. The lowest BCUT2D eigenvalue weighted by molar-refractivity contribution is 0.0225. The molecule has 3 heteroatoms. The molecule has 0 aromatic heterocycles. The lowest BCUT2D eigenvalue weighted by Crippen LogP contribution is -2.49. The van der Waals surface area contributed by atoms with Gasteiger partial charge in [-0.2, -0.15) is 0 Å². The maximum Gasteiger partial charge on any atom is 0.0704 e. The van der Waals surface area contributed by atoms with Crippen molar-refractivity contribution >= 4 is 0 Å². The Morgan fingerprint density at radius 3 is 3.23 bits per heavy atom. The minimum absolute atomic E-state index is 0.143. The Kier molecular flexibility index (Phi) is 2.58. The van der Waals surface area contributed by atoms with Crippen LogP contribution in [-0.4, -0.2) is 38.0 Å². The van der Waals surface area contributed by atoms with Crippen molar-refractivity contribution in [2.24, 2.45) is 5.92 Å². The number of ether oxygens (including phenoxy) is 2. The van der Waals surface area contributed by atoms with Gasteiger partial charge in [0.25, 0.3) is 0 Å². The molecule has 2 saturated heterocycles. The van der Waals surface area contributed by atoms with E-state index in [-0.39, 0.29) is 5.54 Å². The second-order valence-electron chi connectivity index (χ2n) is 4.44. The summed E-state index contributed by atoms with van der Waals surface area (Å²) in [5.74, 6) is 0.672. The second kappa shape index (κ2) is 3.56. The van der Waals surface area contributed by atoms with Gasteiger partial charge < -0.3 is 14.8 Å². The molecule has 2 heterocycles. The van der Waals surface area contributed by atoms with Crippen molar-refractivity contribution < 1.29 is 9.47 Å². The first-order valence-corrected chi connectivity index (χ1v) is 5.17. The number of hydrogen-bond donors (Lipinski definition) is 1. The highest BCUT2D eigenvalue weighted by molar-refractivity contribution is 5.03. The van der Waals surface area contributed by atoms with Gasteiger partial charge in [-0.3, -0.25) is 0 Å². The molecule has 13 heavy (non-hydrogen) atoms. The largest absolute Gasteiger partial charge is 0.379 e. The Morgan fingerprint density at radius 2 is 2.46 bits per heavy atom. The van der Waals surface area contributed by atoms with E-state index in [9.17, 15) is 0 Å². The second-order valence-corrected chi connectivity index (χ2v) is 4.44. The van der Waals surface area contributed by atoms with Crippen molar-refractivity contribution in [3.63, 3.8) is 0 Å². The number of rotatable bonds is 3. The molecule has 0 aromatic rings. The molecular weight excluding hydrogens is 166 g/mol. The quantitative estimate of drug-likeness (QED) is 0.705. The fraction of sp³-hybridized carbons (Fsp3) is 1.00. The molecule has 0 amide bonds. The Hall–Kier alpha value is -0.120. The maximum atomic E-state index is 5.69. The van der Waals surface area contributed by atoms with Crippen molar-refractivity contribution in [2.45, 2.75) is 31.9 Å². The summed E-state index contributed by atoms with van der Waals surface area (Å²) in [6, 6.07) is 0. The average Bonchev–Trinajstić information content (AvgIpc) is 2.57. The van der Waals surface area contributed by atoms with E-state index in [0.717, 1.165) is 26.4 Å². The highest BCUT2D eigenvalue weighted by atomic mass is 16.5. The summed E-state index contributed by atoms with van der Waals surface area (Å²) in [5, 5.41) is 3.54. The summed E-state index contributed by atoms with van der Waals surface area (Å²) in [6.07, 6.45) is 1.56. The molecule has 2 aliphatic rings. The minimum atomic E-state index is 0.143. The van der Waals surface area contributed by atoms with Crippen LogP contribution in [0, 0.1) is 5.92 Å². The van der Waals surface area contributed by atoms with E-state index in [1.807, 2.05) is 0 Å². The third-order valence-corrected chi connectivity index (χ3v) is 3.10. The zero-order valence-corrected chi connectivity index (χ0v) is 8.51. The monoisotopic (exact) mass is 185 g/mol. The predicted octanol–water partition coefficient (Wildman–Crippen LogP) is 0.790. The zero-order valence-electron chi connectivity index (χ0n) is 8.51. The summed E-state index contributed by atoms with van der Waals surface area (Å²) in [7, 11) is 0. The first-order chi connectivity index (χ1) is 6.23. The molecule has 2 unspecified atom stereocenters. The molecule has 3 nitrogen and oxygen atoms in total. The van der Waals surface area contributed by atoms with Crippen LogP contribution in [0.15, 0.2) is 0 Å². The van der Waals surface area contributed by atoms with Gasteiger partial charge in [0.05, 0.1) is 31.5 Å². The first kappa shape index (κ1) is 9.44. The minimum Gasteiger partial charge on any atom is -0.379 e. The zero-order chi connectivity index (χ0) is 9.31. The maximum absolute atomic E-state index is 5.69. The summed E-state index contributed by atoms with van der Waals surface area (Å²) >= 11 is 0. The van der Waals surface area contributed by atoms with E-state index >= 15 is 0 Å². The van der Waals surface area contributed by atoms with Gasteiger partial charge in [-0.15, -0.1) is 0 Å². The molecule has 0 aromatic carbocycles. The van der Waals surface area contributed by atoms with E-state index in [4.69, 9.17) is 9.47 Å². The molecule has 0 bridgehead atoms. The predicted molar refractivity (Wildman–Crippen MR) is 50.7 cm³/mol. The van der Waals surface area contributed by atoms with Gasteiger partial charge in [-0.05, 0) is 26.8 Å². The van der Waals surface area contributed by atoms with Gasteiger partial charge in [0.2, 0.25) is 0 Å². The lowest BCUT2D eigenvalue weighted by Gasteiger charge is -2.28. The summed E-state index contributed by atoms with van der Waals surface area (Å²) in [4.78, 5) is 0. The van der Waals surface area contributed by atoms with Crippen LogP contribution >= 0.6 is 0 Å². The fourth-order valence-corrected chi connectivity index (χ4v) is 2.24. The van der Waals surface area contributed by atoms with Gasteiger partial charge in [0.15, 0.2) is 0 Å². The Morgan fingerprint density at radius 1 is 1.62 bits per heavy atom. The Labute approximate surface area is 79.8 Å². The van der Waals surface area contributed by atoms with Crippen LogP contribution in [0.4, 0.5) is 0 Å². The van der Waals surface area contributed by atoms with Gasteiger partial charge in [0.1, 0.15) is 0 Å². The van der Waals surface area contributed by atoms with Crippen LogP contribution < -0.4 is 5.32 Å². The number of nitrogens with one attached hydrogen (secondary N) is 1. The third-order valence-electron chi connectivity index (χ3n) is 3.10. The highest BCUT2D eigenvalue weighted by Gasteiger charge is 2.47. The van der Waals surface area contributed by atoms with Crippen LogP contribution in [0.2, 0.25) is 0 Å². The van der Waals surface area contributed by atoms with Crippen LogP contribution in [0.25, 0.3) is 0 Å². The molecular formula is C10H19NO2. The molecule has 0 aliphatic carbocycles. The Balaban J connectivity index is 1.93. The van der Waals surface area contributed by atoms with Crippen molar-refractivity contribution in [3.05, 3.63) is 0 Å². The molecule has 0 saturated carbocycles. The van der Waals surface area contributed by atoms with Gasteiger partial charge in [0, 0.05) is 5.92 Å². The van der Waals surface area contributed by atoms with Crippen LogP contribution in [0.5, 0.6) is 0 Å². The molecule has 1 N–H and O–H groups in total. The van der Waals surface area contributed by atoms with Crippen LogP contribution in [0.1, 0.15) is 20.3 Å². The first-order valence-electron chi connectivity index (χ1n) is 5.17. The number of fused-ring (bicyclic) bond motifs is 1. The summed E-state index contributed by atoms with van der Waals surface area (Å²) in [6.45, 7) is 7.82. The standard InChI is InChI=1S/C10H19NO2/c1-8(2)13-7-10-6-12-5-9(10)3-4-11-10/h8-9,11H,3-7H2,1-2H3. The molecule has 0 spiro atoms. The SMILES string of the molecule is CC(C)OCC12COCC1CCN2. The van der Waals surface area contributed by atoms with Crippen molar-refractivity contribution in [3.8, 4) is 0 Å². The van der Waals surface area contributed by atoms with Crippen molar-refractivity contribution in [1.82, 2.24) is 5.32 Å². The van der Waals surface area contributed by atoms with Crippen molar-refractivity contribution in [2.75, 3.05) is 26.4 Å². The van der Waals surface area contributed by atoms with Crippen LogP contribution in [0.3, 0.4) is 0 Å². The van der Waals surface area contributed by atoms with E-state index in [2.05, 4.69) is 19.2 Å². The smallest absolute Gasteiger partial charge is 0.0704 e. The van der Waals surface area contributed by atoms with Gasteiger partial charge in [-0.25, -0.2) is 0 Å². The normalized spacial score (nSPS) is 38.5. The summed E-state index contributed by atoms with van der Waals surface area (Å²) in [5.41, 5.74) is 0.143. The number of hydrogen-bond acceptors (Lipinski definition) is 3. The van der Waals surface area contributed by atoms with Gasteiger partial charge in [-0.1, -0.05) is 0 Å². The molecule has 2 aliphatic heterocycles. The van der Waals surface area contributed by atoms with E-state index < -0.39 is 0 Å². The molecule has 2 atom stereocenters. The van der Waals surface area contributed by atoms with Gasteiger partial charge >= 0.3 is 0 Å². The third kappa shape index (κ3) is 1.73. The highest BCUT2D eigenvalue weighted by Crippen LogP contribution is 2.33. The lowest BCUT2D eigenvalue weighted by atomic mass is 9.90. The molecule has 2 rings (SSSR count). The molecule has 76 valence electrons. The average molecular weight is 185 g/mol. The Bertz CT molecular complexity index is 172. The fourth-order valence-electron chi connectivity index (χ4n) is 2.24. The topological polar surface area (TPSA) is 30.5 Å². The van der Waals surface area contributed by atoms with Crippen LogP contribution in [-0.2, 0) is 9.47 Å². The van der Waals surface area contributed by atoms with E-state index in [1.54, 1.807) is 0 Å². The van der Waals surface area contributed by atoms with E-state index in [1.165, 1.54) is 6.42 Å². The van der Waals surface area contributed by atoms with Crippen molar-refractivity contribution in [1.29, 1.82) is 0 Å². The van der Waals surface area contributed by atoms with E-state index in [0.29, 0.717) is 12.0 Å².